The van der Waals surface area contributed by atoms with Gasteiger partial charge >= 0.3 is 0 Å². The van der Waals surface area contributed by atoms with Crippen molar-refractivity contribution in [1.29, 1.82) is 0 Å². The molecule has 0 spiro atoms. The number of hydrogen-bond acceptors (Lipinski definition) is 4. The average molecular weight is 370 g/mol. The van der Waals surface area contributed by atoms with Crippen molar-refractivity contribution >= 4 is 5.91 Å². The molecular weight excluding hydrogens is 340 g/mol. The first-order chi connectivity index (χ1) is 12.9. The van der Waals surface area contributed by atoms with Gasteiger partial charge in [-0.25, -0.2) is 0 Å². The van der Waals surface area contributed by atoms with E-state index in [4.69, 9.17) is 4.42 Å². The van der Waals surface area contributed by atoms with Gasteiger partial charge in [-0.15, -0.1) is 0 Å². The summed E-state index contributed by atoms with van der Waals surface area (Å²) in [6.07, 6.45) is 3.95. The lowest BCUT2D eigenvalue weighted by Crippen LogP contribution is -2.45. The van der Waals surface area contributed by atoms with E-state index < -0.39 is 5.54 Å². The molecule has 0 radical (unpaired) electrons. The summed E-state index contributed by atoms with van der Waals surface area (Å²) in [4.78, 5) is 15.2. The number of furan rings is 1. The molecule has 27 heavy (non-hydrogen) atoms. The van der Waals surface area contributed by atoms with Crippen molar-refractivity contribution in [1.82, 2.24) is 10.2 Å². The van der Waals surface area contributed by atoms with E-state index in [1.165, 1.54) is 12.8 Å². The van der Waals surface area contributed by atoms with Crippen LogP contribution in [-0.2, 0) is 19.4 Å². The molecule has 5 heteroatoms. The number of aromatic hydroxyl groups is 1. The number of phenols is 1. The Kier molecular flexibility index (Phi) is 5.90. The van der Waals surface area contributed by atoms with Crippen molar-refractivity contribution in [3.63, 3.8) is 0 Å². The molecule has 1 fully saturated rings. The summed E-state index contributed by atoms with van der Waals surface area (Å²) in [5.41, 5.74) is 1.75. The minimum atomic E-state index is -0.428. The van der Waals surface area contributed by atoms with Gasteiger partial charge in [0.25, 0.3) is 5.91 Å². The molecule has 1 aliphatic heterocycles. The van der Waals surface area contributed by atoms with Crippen molar-refractivity contribution < 1.29 is 14.3 Å². The minimum absolute atomic E-state index is 0.179. The quantitative estimate of drug-likeness (QED) is 0.776. The van der Waals surface area contributed by atoms with E-state index in [0.717, 1.165) is 42.9 Å². The van der Waals surface area contributed by atoms with Crippen LogP contribution in [0.15, 0.2) is 34.7 Å². The number of nitrogens with one attached hydrogen (secondary N) is 1. The molecule has 1 amide bonds. The van der Waals surface area contributed by atoms with Crippen LogP contribution in [0.5, 0.6) is 5.75 Å². The van der Waals surface area contributed by atoms with Crippen LogP contribution < -0.4 is 5.32 Å². The number of carbonyl (C=O) groups is 1. The van der Waals surface area contributed by atoms with E-state index >= 15 is 0 Å². The van der Waals surface area contributed by atoms with Crippen molar-refractivity contribution in [3.05, 3.63) is 53.0 Å². The number of benzene rings is 1. The Hall–Kier alpha value is -2.27. The van der Waals surface area contributed by atoms with Gasteiger partial charge in [-0.2, -0.15) is 0 Å². The Balaban J connectivity index is 1.67. The van der Waals surface area contributed by atoms with Gasteiger partial charge < -0.3 is 14.8 Å². The number of aryl methyl sites for hydroxylation is 1. The van der Waals surface area contributed by atoms with Crippen LogP contribution in [0.25, 0.3) is 0 Å². The monoisotopic (exact) mass is 370 g/mol. The fraction of sp³-hybridized carbons (Fsp3) is 0.500. The molecule has 1 aromatic heterocycles. The topological polar surface area (TPSA) is 65.7 Å². The van der Waals surface area contributed by atoms with Crippen LogP contribution in [0.1, 0.15) is 61.1 Å². The van der Waals surface area contributed by atoms with Gasteiger partial charge in [0.2, 0.25) is 0 Å². The van der Waals surface area contributed by atoms with E-state index in [2.05, 4.69) is 17.1 Å². The smallest absolute Gasteiger partial charge is 0.287 e. The average Bonchev–Trinajstić information content (AvgIpc) is 3.26. The number of rotatable bonds is 7. The van der Waals surface area contributed by atoms with Gasteiger partial charge in [-0.05, 0) is 70.0 Å². The fourth-order valence-electron chi connectivity index (χ4n) is 3.73. The second-order valence-electron chi connectivity index (χ2n) is 8.08. The molecule has 0 bridgehead atoms. The van der Waals surface area contributed by atoms with Gasteiger partial charge in [0.15, 0.2) is 5.76 Å². The first kappa shape index (κ1) is 19.5. The standard InChI is InChI=1S/C22H30N2O3/c1-4-19-17(15-24-11-5-6-12-24)13-20(27-19)21(26)23-22(2,3)14-16-7-9-18(25)10-8-16/h7-10,13,25H,4-6,11-12,14-15H2,1-3H3,(H,23,26). The van der Waals surface area contributed by atoms with Gasteiger partial charge in [-0.3, -0.25) is 9.69 Å². The lowest BCUT2D eigenvalue weighted by Gasteiger charge is -2.26. The van der Waals surface area contributed by atoms with Gasteiger partial charge in [0.1, 0.15) is 11.5 Å². The SMILES string of the molecule is CCc1oc(C(=O)NC(C)(C)Cc2ccc(O)cc2)cc1CN1CCCC1. The number of hydrogen-bond donors (Lipinski definition) is 2. The predicted molar refractivity (Wildman–Crippen MR) is 106 cm³/mol. The Morgan fingerprint density at radius 2 is 1.89 bits per heavy atom. The van der Waals surface area contributed by atoms with Gasteiger partial charge in [0, 0.05) is 24.1 Å². The van der Waals surface area contributed by atoms with Crippen molar-refractivity contribution in [2.24, 2.45) is 0 Å². The van der Waals surface area contributed by atoms with Crippen LogP contribution >= 0.6 is 0 Å². The molecule has 0 atom stereocenters. The minimum Gasteiger partial charge on any atom is -0.508 e. The van der Waals surface area contributed by atoms with E-state index in [1.807, 2.05) is 32.0 Å². The molecule has 1 aromatic carbocycles. The first-order valence-electron chi connectivity index (χ1n) is 9.80. The number of likely N-dealkylation sites (tertiary alicyclic amines) is 1. The summed E-state index contributed by atoms with van der Waals surface area (Å²) in [5.74, 6) is 1.36. The number of nitrogens with zero attached hydrogens (tertiary/aromatic N) is 1. The Morgan fingerprint density at radius 1 is 1.22 bits per heavy atom. The van der Waals surface area contributed by atoms with Crippen molar-refractivity contribution in [3.8, 4) is 5.75 Å². The second-order valence-corrected chi connectivity index (χ2v) is 8.08. The molecule has 1 saturated heterocycles. The third kappa shape index (κ3) is 5.13. The lowest BCUT2D eigenvalue weighted by molar-refractivity contribution is 0.0882. The van der Waals surface area contributed by atoms with E-state index in [9.17, 15) is 9.90 Å². The molecule has 0 aliphatic carbocycles. The highest BCUT2D eigenvalue weighted by Gasteiger charge is 2.25. The lowest BCUT2D eigenvalue weighted by atomic mass is 9.94. The maximum atomic E-state index is 12.8. The summed E-state index contributed by atoms with van der Waals surface area (Å²) in [6.45, 7) is 9.14. The highest BCUT2D eigenvalue weighted by Crippen LogP contribution is 2.22. The maximum absolute atomic E-state index is 12.8. The zero-order valence-corrected chi connectivity index (χ0v) is 16.5. The summed E-state index contributed by atoms with van der Waals surface area (Å²) >= 11 is 0. The molecule has 2 heterocycles. The zero-order valence-electron chi connectivity index (χ0n) is 16.5. The first-order valence-corrected chi connectivity index (χ1v) is 9.80. The third-order valence-corrected chi connectivity index (χ3v) is 5.07. The van der Waals surface area contributed by atoms with Crippen LogP contribution in [0.4, 0.5) is 0 Å². The largest absolute Gasteiger partial charge is 0.508 e. The normalized spacial score (nSPS) is 15.2. The van der Waals surface area contributed by atoms with Crippen molar-refractivity contribution in [2.75, 3.05) is 13.1 Å². The van der Waals surface area contributed by atoms with Gasteiger partial charge in [-0.1, -0.05) is 19.1 Å². The Labute approximate surface area is 161 Å². The molecule has 0 unspecified atom stereocenters. The molecule has 2 N–H and O–H groups in total. The number of amides is 1. The predicted octanol–water partition coefficient (Wildman–Crippen LogP) is 3.89. The maximum Gasteiger partial charge on any atom is 0.287 e. The molecule has 5 nitrogen and oxygen atoms in total. The number of phenolic OH excluding ortho intramolecular Hbond substituents is 1. The van der Waals surface area contributed by atoms with E-state index in [-0.39, 0.29) is 11.7 Å². The van der Waals surface area contributed by atoms with Crippen LogP contribution in [0.3, 0.4) is 0 Å². The summed E-state index contributed by atoms with van der Waals surface area (Å²) in [7, 11) is 0. The summed E-state index contributed by atoms with van der Waals surface area (Å²) < 4.78 is 5.88. The zero-order chi connectivity index (χ0) is 19.4. The molecule has 2 aromatic rings. The van der Waals surface area contributed by atoms with Gasteiger partial charge in [0.05, 0.1) is 0 Å². The summed E-state index contributed by atoms with van der Waals surface area (Å²) in [6, 6.07) is 8.98. The van der Waals surface area contributed by atoms with Crippen LogP contribution in [-0.4, -0.2) is 34.5 Å². The molecule has 0 saturated carbocycles. The second kappa shape index (κ2) is 8.17. The van der Waals surface area contributed by atoms with E-state index in [0.29, 0.717) is 12.2 Å². The van der Waals surface area contributed by atoms with Crippen molar-refractivity contribution in [2.45, 2.75) is 58.5 Å². The summed E-state index contributed by atoms with van der Waals surface area (Å²) in [5, 5.41) is 12.5. The number of carbonyl (C=O) groups excluding carboxylic acids is 1. The third-order valence-electron chi connectivity index (χ3n) is 5.07. The molecular formula is C22H30N2O3. The molecule has 146 valence electrons. The Morgan fingerprint density at radius 3 is 2.52 bits per heavy atom. The van der Waals surface area contributed by atoms with Crippen LogP contribution in [0.2, 0.25) is 0 Å². The Bertz CT molecular complexity index is 771. The fourth-order valence-corrected chi connectivity index (χ4v) is 3.73. The van der Waals surface area contributed by atoms with E-state index in [1.54, 1.807) is 12.1 Å². The van der Waals surface area contributed by atoms with Crippen LogP contribution in [0, 0.1) is 0 Å². The highest BCUT2D eigenvalue weighted by molar-refractivity contribution is 5.92. The highest BCUT2D eigenvalue weighted by atomic mass is 16.4. The molecule has 1 aliphatic rings. The molecule has 3 rings (SSSR count).